The fourth-order valence-electron chi connectivity index (χ4n) is 4.47. The van der Waals surface area contributed by atoms with Gasteiger partial charge in [-0.15, -0.1) is 0 Å². The molecule has 3 N–H and O–H groups in total. The van der Waals surface area contributed by atoms with Crippen LogP contribution >= 0.6 is 0 Å². The quantitative estimate of drug-likeness (QED) is 0.666. The molecule has 3 aliphatic heterocycles. The first-order chi connectivity index (χ1) is 15.5. The Bertz CT molecular complexity index is 1130. The van der Waals surface area contributed by atoms with Crippen LogP contribution in [0.15, 0.2) is 23.0 Å². The Morgan fingerprint density at radius 1 is 1.22 bits per heavy atom. The summed E-state index contributed by atoms with van der Waals surface area (Å²) in [4.78, 5) is 47.7. The summed E-state index contributed by atoms with van der Waals surface area (Å²) in [6.07, 6.45) is 2.01. The van der Waals surface area contributed by atoms with Crippen LogP contribution in [-0.4, -0.2) is 48.1 Å². The van der Waals surface area contributed by atoms with Gasteiger partial charge in [-0.05, 0) is 30.9 Å². The molecule has 1 saturated heterocycles. The van der Waals surface area contributed by atoms with Crippen molar-refractivity contribution in [3.8, 4) is 11.5 Å². The van der Waals surface area contributed by atoms with Gasteiger partial charge < -0.3 is 25.0 Å². The fraction of sp³-hybridized carbons (Fsp3) is 0.455. The first-order valence-electron chi connectivity index (χ1n) is 10.9. The Labute approximate surface area is 184 Å². The number of nitrogens with one attached hydrogen (secondary N) is 3. The van der Waals surface area contributed by atoms with Gasteiger partial charge in [0.1, 0.15) is 19.0 Å². The highest BCUT2D eigenvalue weighted by Crippen LogP contribution is 2.34. The van der Waals surface area contributed by atoms with E-state index in [-0.39, 0.29) is 23.7 Å². The zero-order chi connectivity index (χ0) is 22.2. The number of amides is 2. The van der Waals surface area contributed by atoms with Crippen LogP contribution in [0.3, 0.4) is 0 Å². The van der Waals surface area contributed by atoms with E-state index in [2.05, 4.69) is 27.5 Å². The van der Waals surface area contributed by atoms with Gasteiger partial charge >= 0.3 is 0 Å². The second-order valence-corrected chi connectivity index (χ2v) is 8.50. The molecule has 5 rings (SSSR count). The Morgan fingerprint density at radius 2 is 2.03 bits per heavy atom. The highest BCUT2D eigenvalue weighted by Gasteiger charge is 2.35. The average Bonchev–Trinajstić information content (AvgIpc) is 2.78. The van der Waals surface area contributed by atoms with E-state index < -0.39 is 17.4 Å². The third-order valence-corrected chi connectivity index (χ3v) is 6.02. The number of rotatable bonds is 3. The lowest BCUT2D eigenvalue weighted by atomic mass is 9.92. The monoisotopic (exact) mass is 439 g/mol. The van der Waals surface area contributed by atoms with Gasteiger partial charge in [0.05, 0.1) is 11.5 Å². The average molecular weight is 439 g/mol. The third-order valence-electron chi connectivity index (χ3n) is 6.02. The molecule has 10 nitrogen and oxygen atoms in total. The highest BCUT2D eigenvalue weighted by molar-refractivity contribution is 6.04. The summed E-state index contributed by atoms with van der Waals surface area (Å²) in [5.41, 5.74) is 0.258. The second-order valence-electron chi connectivity index (χ2n) is 8.50. The molecule has 10 heteroatoms. The number of carbonyl (C=O) groups is 2. The molecular weight excluding hydrogens is 414 g/mol. The Balaban J connectivity index is 1.42. The summed E-state index contributed by atoms with van der Waals surface area (Å²) in [5, 5.41) is 5.46. The summed E-state index contributed by atoms with van der Waals surface area (Å²) in [7, 11) is 0. The summed E-state index contributed by atoms with van der Waals surface area (Å²) in [6.45, 7) is 4.63. The third kappa shape index (κ3) is 3.88. The molecule has 0 bridgehead atoms. The summed E-state index contributed by atoms with van der Waals surface area (Å²) >= 11 is 0. The maximum absolute atomic E-state index is 13.1. The Morgan fingerprint density at radius 3 is 2.84 bits per heavy atom. The van der Waals surface area contributed by atoms with Gasteiger partial charge in [0.2, 0.25) is 17.8 Å². The van der Waals surface area contributed by atoms with Crippen molar-refractivity contribution >= 4 is 29.3 Å². The van der Waals surface area contributed by atoms with Crippen LogP contribution in [0.4, 0.5) is 17.5 Å². The van der Waals surface area contributed by atoms with E-state index in [0.717, 1.165) is 25.9 Å². The maximum atomic E-state index is 13.1. The molecule has 0 aliphatic carbocycles. The number of carbonyl (C=O) groups excluding carboxylic acids is 2. The van der Waals surface area contributed by atoms with Crippen LogP contribution in [0, 0.1) is 5.92 Å². The van der Waals surface area contributed by atoms with Gasteiger partial charge in [0.15, 0.2) is 11.5 Å². The predicted octanol–water partition coefficient (Wildman–Crippen LogP) is 1.84. The van der Waals surface area contributed by atoms with Crippen molar-refractivity contribution in [2.24, 2.45) is 5.92 Å². The number of H-pyrrole nitrogens is 1. The van der Waals surface area contributed by atoms with Gasteiger partial charge in [0.25, 0.3) is 5.56 Å². The molecule has 0 unspecified atom stereocenters. The van der Waals surface area contributed by atoms with E-state index in [4.69, 9.17) is 9.47 Å². The minimum absolute atomic E-state index is 0.131. The van der Waals surface area contributed by atoms with E-state index in [1.54, 1.807) is 18.2 Å². The molecule has 0 radical (unpaired) electrons. The van der Waals surface area contributed by atoms with Gasteiger partial charge in [-0.25, -0.2) is 0 Å². The molecule has 1 aromatic heterocycles. The molecular formula is C22H25N5O5. The van der Waals surface area contributed by atoms with Gasteiger partial charge in [0, 0.05) is 31.3 Å². The molecule has 168 valence electrons. The molecule has 3 aliphatic rings. The van der Waals surface area contributed by atoms with Gasteiger partial charge in [-0.1, -0.05) is 6.92 Å². The van der Waals surface area contributed by atoms with Crippen molar-refractivity contribution in [1.82, 2.24) is 9.97 Å². The van der Waals surface area contributed by atoms with Crippen molar-refractivity contribution in [2.45, 2.75) is 32.1 Å². The lowest BCUT2D eigenvalue weighted by molar-refractivity contribution is -0.123. The van der Waals surface area contributed by atoms with Gasteiger partial charge in [-0.3, -0.25) is 19.4 Å². The first kappa shape index (κ1) is 20.3. The van der Waals surface area contributed by atoms with Crippen molar-refractivity contribution in [3.05, 3.63) is 34.1 Å². The topological polar surface area (TPSA) is 126 Å². The standard InChI is InChI=1S/C22H25N5O5/c1-12-3-2-6-27(11-12)22-25-19-18(21(30)26-22)14(10-17(28)24-19)20(29)23-13-4-5-15-16(9-13)32-8-7-31-15/h4-5,9,12,14H,2-3,6-8,10-11H2,1H3,(H,23,29)(H2,24,25,26,28,30)/t12-,14+/m0/s1. The SMILES string of the molecule is C[C@H]1CCCN(c2nc3c(c(=O)[nH]2)[C@H](C(=O)Nc2ccc4c(c2)OCCO4)CC(=O)N3)C1. The lowest BCUT2D eigenvalue weighted by Crippen LogP contribution is -2.40. The van der Waals surface area contributed by atoms with E-state index >= 15 is 0 Å². The Hall–Kier alpha value is -3.56. The van der Waals surface area contributed by atoms with Crippen LogP contribution in [0.1, 0.15) is 37.7 Å². The minimum Gasteiger partial charge on any atom is -0.486 e. The molecule has 2 aromatic rings. The number of hydrogen-bond donors (Lipinski definition) is 3. The smallest absolute Gasteiger partial charge is 0.258 e. The van der Waals surface area contributed by atoms with Crippen molar-refractivity contribution in [3.63, 3.8) is 0 Å². The molecule has 32 heavy (non-hydrogen) atoms. The van der Waals surface area contributed by atoms with E-state index in [1.807, 2.05) is 4.90 Å². The number of benzene rings is 1. The number of fused-ring (bicyclic) bond motifs is 2. The summed E-state index contributed by atoms with van der Waals surface area (Å²) in [6, 6.07) is 5.07. The van der Waals surface area contributed by atoms with Crippen molar-refractivity contribution in [1.29, 1.82) is 0 Å². The number of hydrogen-bond acceptors (Lipinski definition) is 7. The van der Waals surface area contributed by atoms with E-state index in [1.165, 1.54) is 0 Å². The van der Waals surface area contributed by atoms with Crippen LogP contribution < -0.4 is 30.6 Å². The van der Waals surface area contributed by atoms with Crippen molar-refractivity contribution in [2.75, 3.05) is 41.8 Å². The molecule has 0 saturated carbocycles. The second kappa shape index (κ2) is 8.18. The number of anilines is 3. The zero-order valence-electron chi connectivity index (χ0n) is 17.8. The zero-order valence-corrected chi connectivity index (χ0v) is 17.8. The highest BCUT2D eigenvalue weighted by atomic mass is 16.6. The molecule has 2 atom stereocenters. The number of nitrogens with zero attached hydrogens (tertiary/aromatic N) is 2. The van der Waals surface area contributed by atoms with E-state index in [0.29, 0.717) is 42.3 Å². The number of aromatic nitrogens is 2. The minimum atomic E-state index is -0.947. The van der Waals surface area contributed by atoms with E-state index in [9.17, 15) is 14.4 Å². The number of aromatic amines is 1. The summed E-state index contributed by atoms with van der Waals surface area (Å²) in [5.74, 6) is 0.462. The fourth-order valence-corrected chi connectivity index (χ4v) is 4.47. The molecule has 1 fully saturated rings. The predicted molar refractivity (Wildman–Crippen MR) is 118 cm³/mol. The van der Waals surface area contributed by atoms with Crippen LogP contribution in [0.25, 0.3) is 0 Å². The van der Waals surface area contributed by atoms with Crippen molar-refractivity contribution < 1.29 is 19.1 Å². The molecule has 1 aromatic carbocycles. The van der Waals surface area contributed by atoms with Crippen LogP contribution in [-0.2, 0) is 9.59 Å². The normalized spacial score (nSPS) is 22.0. The van der Waals surface area contributed by atoms with Crippen LogP contribution in [0.5, 0.6) is 11.5 Å². The van der Waals surface area contributed by atoms with Crippen LogP contribution in [0.2, 0.25) is 0 Å². The Kier molecular flexibility index (Phi) is 5.20. The maximum Gasteiger partial charge on any atom is 0.258 e. The summed E-state index contributed by atoms with van der Waals surface area (Å²) < 4.78 is 11.0. The lowest BCUT2D eigenvalue weighted by Gasteiger charge is -2.32. The number of piperidine rings is 1. The molecule has 2 amide bonds. The largest absolute Gasteiger partial charge is 0.486 e. The molecule has 0 spiro atoms. The number of ether oxygens (including phenoxy) is 2. The van der Waals surface area contributed by atoms with Gasteiger partial charge in [-0.2, -0.15) is 4.98 Å². The molecule has 4 heterocycles. The first-order valence-corrected chi connectivity index (χ1v) is 10.9.